The molecule has 0 aliphatic rings. The number of hydrogen-bond acceptors (Lipinski definition) is 3. The molecular weight excluding hydrogens is 530 g/mol. The highest BCUT2D eigenvalue weighted by Crippen LogP contribution is 2.29. The van der Waals surface area contributed by atoms with E-state index in [1.165, 1.54) is 13.1 Å². The molecule has 166 valence electrons. The summed E-state index contributed by atoms with van der Waals surface area (Å²) >= 11 is 0. The maximum absolute atomic E-state index is 12.8. The molecule has 0 saturated heterocycles. The molecule has 2 rings (SSSR count). The van der Waals surface area contributed by atoms with Crippen LogP contribution in [0.1, 0.15) is 24.5 Å². The van der Waals surface area contributed by atoms with Crippen molar-refractivity contribution in [3.8, 4) is 0 Å². The Labute approximate surface area is 192 Å². The van der Waals surface area contributed by atoms with Crippen LogP contribution in [0.3, 0.4) is 0 Å². The van der Waals surface area contributed by atoms with Gasteiger partial charge in [0, 0.05) is 19.6 Å². The smallest absolute Gasteiger partial charge is 0.353 e. The number of rotatable bonds is 7. The molecule has 1 atom stereocenters. The van der Waals surface area contributed by atoms with Crippen molar-refractivity contribution < 1.29 is 21.6 Å². The fourth-order valence-corrected chi connectivity index (χ4v) is 4.29. The fraction of sp³-hybridized carbons (Fsp3) is 0.350. The Morgan fingerprint density at radius 1 is 1.10 bits per heavy atom. The number of guanidine groups is 1. The zero-order valence-corrected chi connectivity index (χ0v) is 19.8. The van der Waals surface area contributed by atoms with Gasteiger partial charge in [-0.25, -0.2) is 8.42 Å². The summed E-state index contributed by atoms with van der Waals surface area (Å²) in [4.78, 5) is 4.28. The van der Waals surface area contributed by atoms with Gasteiger partial charge in [0.05, 0.1) is 16.2 Å². The van der Waals surface area contributed by atoms with Gasteiger partial charge in [-0.3, -0.25) is 4.99 Å². The van der Waals surface area contributed by atoms with Gasteiger partial charge in [-0.05, 0) is 36.2 Å². The van der Waals surface area contributed by atoms with Crippen LogP contribution in [0.4, 0.5) is 13.2 Å². The topological polar surface area (TPSA) is 70.6 Å². The molecule has 0 fully saturated rings. The molecule has 2 aromatic rings. The SMILES string of the molecule is CCC(CS(=O)(=O)c1ccccc1)NC(=NC)NCc1cccc(C(F)(F)F)c1.I. The number of sulfone groups is 1. The number of benzene rings is 2. The minimum Gasteiger partial charge on any atom is -0.353 e. The summed E-state index contributed by atoms with van der Waals surface area (Å²) in [7, 11) is -1.97. The summed E-state index contributed by atoms with van der Waals surface area (Å²) in [5.74, 6) is 0.190. The second-order valence-corrected chi connectivity index (χ2v) is 8.50. The van der Waals surface area contributed by atoms with E-state index < -0.39 is 27.6 Å². The van der Waals surface area contributed by atoms with Crippen LogP contribution in [0.5, 0.6) is 0 Å². The largest absolute Gasteiger partial charge is 0.416 e. The standard InChI is InChI=1S/C20H24F3N3O2S.HI/c1-3-17(14-29(27,28)18-10-5-4-6-11-18)26-19(24-2)25-13-15-8-7-9-16(12-15)20(21,22)23;/h4-12,17H,3,13-14H2,1-2H3,(H2,24,25,26);1H. The van der Waals surface area contributed by atoms with Crippen LogP contribution in [-0.4, -0.2) is 33.2 Å². The average molecular weight is 555 g/mol. The maximum Gasteiger partial charge on any atom is 0.416 e. The first-order chi connectivity index (χ1) is 13.7. The van der Waals surface area contributed by atoms with E-state index in [0.717, 1.165) is 12.1 Å². The third-order valence-electron chi connectivity index (χ3n) is 4.29. The van der Waals surface area contributed by atoms with Crippen molar-refractivity contribution in [1.82, 2.24) is 10.6 Å². The van der Waals surface area contributed by atoms with Gasteiger partial charge >= 0.3 is 6.18 Å². The third-order valence-corrected chi connectivity index (χ3v) is 6.13. The molecule has 30 heavy (non-hydrogen) atoms. The van der Waals surface area contributed by atoms with E-state index in [-0.39, 0.29) is 41.2 Å². The van der Waals surface area contributed by atoms with E-state index >= 15 is 0 Å². The molecular formula is C20H25F3IN3O2S. The van der Waals surface area contributed by atoms with E-state index in [9.17, 15) is 21.6 Å². The van der Waals surface area contributed by atoms with E-state index in [1.807, 2.05) is 6.92 Å². The van der Waals surface area contributed by atoms with Crippen LogP contribution in [0.15, 0.2) is 64.5 Å². The first kappa shape index (κ1) is 26.2. The molecule has 0 spiro atoms. The number of aliphatic imine (C=N–C) groups is 1. The monoisotopic (exact) mass is 555 g/mol. The minimum atomic E-state index is -4.41. The quantitative estimate of drug-likeness (QED) is 0.305. The molecule has 5 nitrogen and oxygen atoms in total. The van der Waals surface area contributed by atoms with Crippen LogP contribution >= 0.6 is 24.0 Å². The molecule has 1 unspecified atom stereocenters. The highest BCUT2D eigenvalue weighted by atomic mass is 127. The van der Waals surface area contributed by atoms with Crippen molar-refractivity contribution in [3.05, 3.63) is 65.7 Å². The predicted octanol–water partition coefficient (Wildman–Crippen LogP) is 4.24. The molecule has 2 aromatic carbocycles. The molecule has 0 amide bonds. The van der Waals surface area contributed by atoms with Crippen LogP contribution in [0.25, 0.3) is 0 Å². The molecule has 0 aliphatic heterocycles. The zero-order valence-electron chi connectivity index (χ0n) is 16.6. The van der Waals surface area contributed by atoms with Crippen LogP contribution in [-0.2, 0) is 22.6 Å². The van der Waals surface area contributed by atoms with Crippen molar-refractivity contribution in [2.45, 2.75) is 37.0 Å². The van der Waals surface area contributed by atoms with Gasteiger partial charge < -0.3 is 10.6 Å². The summed E-state index contributed by atoms with van der Waals surface area (Å²) in [6.07, 6.45) is -3.88. The molecule has 0 aromatic heterocycles. The molecule has 0 saturated carbocycles. The van der Waals surface area contributed by atoms with Gasteiger partial charge in [0.1, 0.15) is 0 Å². The van der Waals surface area contributed by atoms with E-state index in [2.05, 4.69) is 15.6 Å². The fourth-order valence-electron chi connectivity index (χ4n) is 2.68. The highest BCUT2D eigenvalue weighted by molar-refractivity contribution is 14.0. The van der Waals surface area contributed by atoms with Crippen molar-refractivity contribution in [3.63, 3.8) is 0 Å². The van der Waals surface area contributed by atoms with Gasteiger partial charge in [-0.15, -0.1) is 24.0 Å². The van der Waals surface area contributed by atoms with Crippen LogP contribution in [0.2, 0.25) is 0 Å². The van der Waals surface area contributed by atoms with E-state index in [0.29, 0.717) is 17.9 Å². The minimum absolute atomic E-state index is 0. The Morgan fingerprint density at radius 2 is 1.77 bits per heavy atom. The van der Waals surface area contributed by atoms with Gasteiger partial charge in [-0.1, -0.05) is 37.3 Å². The molecule has 10 heteroatoms. The Morgan fingerprint density at radius 3 is 2.33 bits per heavy atom. The second-order valence-electron chi connectivity index (χ2n) is 6.47. The Balaban J connectivity index is 0.00000450. The normalized spacial score (nSPS) is 13.3. The molecule has 0 radical (unpaired) electrons. The van der Waals surface area contributed by atoms with Crippen molar-refractivity contribution >= 4 is 39.8 Å². The Bertz CT molecular complexity index is 936. The van der Waals surface area contributed by atoms with Crippen molar-refractivity contribution in [1.29, 1.82) is 0 Å². The summed E-state index contributed by atoms with van der Waals surface area (Å²) in [5, 5.41) is 5.96. The van der Waals surface area contributed by atoms with Crippen molar-refractivity contribution in [2.24, 2.45) is 4.99 Å². The highest BCUT2D eigenvalue weighted by Gasteiger charge is 2.30. The Kier molecular flexibility index (Phi) is 10.1. The molecule has 0 bridgehead atoms. The van der Waals surface area contributed by atoms with E-state index in [1.54, 1.807) is 36.4 Å². The molecule has 0 heterocycles. The number of nitrogens with one attached hydrogen (secondary N) is 2. The Hall–Kier alpha value is -1.82. The zero-order chi connectivity index (χ0) is 21.5. The van der Waals surface area contributed by atoms with Gasteiger partial charge in [0.25, 0.3) is 0 Å². The van der Waals surface area contributed by atoms with Gasteiger partial charge in [0.15, 0.2) is 15.8 Å². The first-order valence-corrected chi connectivity index (χ1v) is 10.7. The lowest BCUT2D eigenvalue weighted by Gasteiger charge is -2.20. The number of alkyl halides is 3. The lowest BCUT2D eigenvalue weighted by Crippen LogP contribution is -2.45. The number of hydrogen-bond donors (Lipinski definition) is 2. The summed E-state index contributed by atoms with van der Waals surface area (Å²) < 4.78 is 63.7. The van der Waals surface area contributed by atoms with Gasteiger partial charge in [-0.2, -0.15) is 13.2 Å². The molecule has 2 N–H and O–H groups in total. The third kappa shape index (κ3) is 7.78. The summed E-state index contributed by atoms with van der Waals surface area (Å²) in [6, 6.07) is 12.8. The molecule has 0 aliphatic carbocycles. The van der Waals surface area contributed by atoms with Crippen LogP contribution in [0, 0.1) is 0 Å². The summed E-state index contributed by atoms with van der Waals surface area (Å²) in [5.41, 5.74) is -0.284. The number of halogens is 4. The average Bonchev–Trinajstić information content (AvgIpc) is 2.70. The second kappa shape index (κ2) is 11.5. The predicted molar refractivity (Wildman–Crippen MR) is 123 cm³/mol. The first-order valence-electron chi connectivity index (χ1n) is 9.07. The van der Waals surface area contributed by atoms with Gasteiger partial charge in [0.2, 0.25) is 0 Å². The lowest BCUT2D eigenvalue weighted by atomic mass is 10.1. The lowest BCUT2D eigenvalue weighted by molar-refractivity contribution is -0.137. The maximum atomic E-state index is 12.8. The number of nitrogens with zero attached hydrogens (tertiary/aromatic N) is 1. The van der Waals surface area contributed by atoms with E-state index in [4.69, 9.17) is 0 Å². The van der Waals surface area contributed by atoms with Crippen LogP contribution < -0.4 is 10.6 Å². The van der Waals surface area contributed by atoms with Crippen molar-refractivity contribution in [2.75, 3.05) is 12.8 Å². The summed E-state index contributed by atoms with van der Waals surface area (Å²) in [6.45, 7) is 1.96.